The first-order valence-electron chi connectivity index (χ1n) is 7.40. The molecular weight excluding hydrogens is 316 g/mol. The fourth-order valence-corrected chi connectivity index (χ4v) is 4.82. The van der Waals surface area contributed by atoms with Crippen molar-refractivity contribution in [3.05, 3.63) is 42.8 Å². The summed E-state index contributed by atoms with van der Waals surface area (Å²) < 4.78 is 0. The average Bonchev–Trinajstić information content (AvgIpc) is 3.17. The molecular formula is C16H18N2O2S2. The van der Waals surface area contributed by atoms with Crippen LogP contribution in [0.2, 0.25) is 0 Å². The highest BCUT2D eigenvalue weighted by atomic mass is 32.1. The molecule has 0 saturated heterocycles. The molecule has 0 aromatic carbocycles. The monoisotopic (exact) mass is 334 g/mol. The van der Waals surface area contributed by atoms with Crippen molar-refractivity contribution in [2.75, 3.05) is 0 Å². The summed E-state index contributed by atoms with van der Waals surface area (Å²) >= 11 is 2.98. The van der Waals surface area contributed by atoms with E-state index in [2.05, 4.69) is 17.8 Å². The molecule has 116 valence electrons. The predicted octanol–water partition coefficient (Wildman–Crippen LogP) is 3.24. The summed E-state index contributed by atoms with van der Waals surface area (Å²) in [6.07, 6.45) is 4.20. The zero-order valence-corrected chi connectivity index (χ0v) is 14.2. The standard InChI is InChI=1S/C16H18N2O2S2/c1-3-10-7-13(21-9(10)2)15(19)17-18-16(20)14-8-11-5-4-6-12(11)22-14/h7-8H,3-6H2,1-2H3,(H,17,19)(H,18,20). The van der Waals surface area contributed by atoms with Gasteiger partial charge in [-0.05, 0) is 55.9 Å². The minimum atomic E-state index is -0.259. The minimum absolute atomic E-state index is 0.239. The lowest BCUT2D eigenvalue weighted by Gasteiger charge is -2.04. The van der Waals surface area contributed by atoms with Gasteiger partial charge in [-0.25, -0.2) is 0 Å². The number of carbonyl (C=O) groups is 2. The third-order valence-corrected chi connectivity index (χ3v) is 6.21. The van der Waals surface area contributed by atoms with Gasteiger partial charge >= 0.3 is 0 Å². The number of fused-ring (bicyclic) bond motifs is 1. The zero-order valence-electron chi connectivity index (χ0n) is 12.6. The topological polar surface area (TPSA) is 58.2 Å². The quantitative estimate of drug-likeness (QED) is 0.847. The Kier molecular flexibility index (Phi) is 4.31. The molecule has 2 N–H and O–H groups in total. The molecule has 1 aliphatic rings. The Morgan fingerprint density at radius 2 is 1.77 bits per heavy atom. The molecule has 0 saturated carbocycles. The maximum atomic E-state index is 12.1. The number of aryl methyl sites for hydroxylation is 4. The maximum Gasteiger partial charge on any atom is 0.279 e. The Labute approximate surface area is 137 Å². The molecule has 0 atom stereocenters. The van der Waals surface area contributed by atoms with Crippen LogP contribution in [0.3, 0.4) is 0 Å². The summed E-state index contributed by atoms with van der Waals surface area (Å²) in [6.45, 7) is 4.07. The molecule has 6 heteroatoms. The van der Waals surface area contributed by atoms with Crippen molar-refractivity contribution >= 4 is 34.5 Å². The third-order valence-electron chi connectivity index (χ3n) is 3.89. The van der Waals surface area contributed by atoms with Crippen molar-refractivity contribution < 1.29 is 9.59 Å². The van der Waals surface area contributed by atoms with E-state index in [-0.39, 0.29) is 11.8 Å². The summed E-state index contributed by atoms with van der Waals surface area (Å²) in [5.74, 6) is -0.498. The van der Waals surface area contributed by atoms with Crippen LogP contribution >= 0.6 is 22.7 Å². The second-order valence-corrected chi connectivity index (χ2v) is 7.76. The van der Waals surface area contributed by atoms with Gasteiger partial charge in [-0.1, -0.05) is 6.92 Å². The summed E-state index contributed by atoms with van der Waals surface area (Å²) in [6, 6.07) is 3.83. The Morgan fingerprint density at radius 1 is 1.09 bits per heavy atom. The van der Waals surface area contributed by atoms with E-state index in [1.54, 1.807) is 0 Å². The smallest absolute Gasteiger partial charge is 0.266 e. The highest BCUT2D eigenvalue weighted by Gasteiger charge is 2.19. The maximum absolute atomic E-state index is 12.1. The van der Waals surface area contributed by atoms with Gasteiger partial charge in [0.15, 0.2) is 0 Å². The van der Waals surface area contributed by atoms with Gasteiger partial charge in [-0.15, -0.1) is 22.7 Å². The van der Waals surface area contributed by atoms with E-state index in [1.165, 1.54) is 45.1 Å². The van der Waals surface area contributed by atoms with Crippen molar-refractivity contribution in [2.45, 2.75) is 39.5 Å². The second kappa shape index (κ2) is 6.22. The van der Waals surface area contributed by atoms with E-state index in [0.717, 1.165) is 24.1 Å². The first-order valence-corrected chi connectivity index (χ1v) is 9.03. The highest BCUT2D eigenvalue weighted by Crippen LogP contribution is 2.30. The minimum Gasteiger partial charge on any atom is -0.266 e. The van der Waals surface area contributed by atoms with Crippen molar-refractivity contribution in [3.63, 3.8) is 0 Å². The van der Waals surface area contributed by atoms with Crippen LogP contribution in [0.25, 0.3) is 0 Å². The second-order valence-electron chi connectivity index (χ2n) is 5.37. The van der Waals surface area contributed by atoms with Crippen LogP contribution in [0, 0.1) is 6.92 Å². The summed E-state index contributed by atoms with van der Waals surface area (Å²) in [5, 5.41) is 0. The number of rotatable bonds is 3. The van der Waals surface area contributed by atoms with Crippen molar-refractivity contribution in [1.82, 2.24) is 10.9 Å². The van der Waals surface area contributed by atoms with Gasteiger partial charge in [0.25, 0.3) is 11.8 Å². The Bertz CT molecular complexity index is 683. The lowest BCUT2D eigenvalue weighted by molar-refractivity contribution is 0.0851. The first-order chi connectivity index (χ1) is 10.6. The lowest BCUT2D eigenvalue weighted by atomic mass is 10.2. The molecule has 1 aliphatic carbocycles. The van der Waals surface area contributed by atoms with Crippen LogP contribution in [0.5, 0.6) is 0 Å². The van der Waals surface area contributed by atoms with Crippen LogP contribution in [-0.2, 0) is 19.3 Å². The summed E-state index contributed by atoms with van der Waals surface area (Å²) in [7, 11) is 0. The third kappa shape index (κ3) is 2.94. The van der Waals surface area contributed by atoms with Crippen LogP contribution < -0.4 is 10.9 Å². The zero-order chi connectivity index (χ0) is 15.7. The molecule has 2 aromatic rings. The molecule has 0 spiro atoms. The van der Waals surface area contributed by atoms with Gasteiger partial charge in [0.05, 0.1) is 9.75 Å². The van der Waals surface area contributed by atoms with E-state index >= 15 is 0 Å². The van der Waals surface area contributed by atoms with E-state index < -0.39 is 0 Å². The number of hydrogen-bond donors (Lipinski definition) is 2. The molecule has 3 rings (SSSR count). The number of carbonyl (C=O) groups excluding carboxylic acids is 2. The SMILES string of the molecule is CCc1cc(C(=O)NNC(=O)c2cc3c(s2)CCC3)sc1C. The van der Waals surface area contributed by atoms with Crippen molar-refractivity contribution in [1.29, 1.82) is 0 Å². The van der Waals surface area contributed by atoms with Crippen molar-refractivity contribution in [2.24, 2.45) is 0 Å². The van der Waals surface area contributed by atoms with Gasteiger partial charge in [0.1, 0.15) is 0 Å². The molecule has 0 radical (unpaired) electrons. The van der Waals surface area contributed by atoms with Crippen LogP contribution in [-0.4, -0.2) is 11.8 Å². The number of hydrogen-bond acceptors (Lipinski definition) is 4. The van der Waals surface area contributed by atoms with Gasteiger partial charge in [-0.2, -0.15) is 0 Å². The number of amides is 2. The van der Waals surface area contributed by atoms with Crippen LogP contribution in [0.15, 0.2) is 12.1 Å². The Balaban J connectivity index is 1.61. The number of thiophene rings is 2. The Hall–Kier alpha value is -1.66. The van der Waals surface area contributed by atoms with Gasteiger partial charge in [-0.3, -0.25) is 20.4 Å². The molecule has 2 amide bonds. The van der Waals surface area contributed by atoms with Gasteiger partial charge in [0, 0.05) is 9.75 Å². The average molecular weight is 334 g/mol. The molecule has 4 nitrogen and oxygen atoms in total. The highest BCUT2D eigenvalue weighted by molar-refractivity contribution is 7.14. The number of hydrazine groups is 1. The molecule has 2 heterocycles. The van der Waals surface area contributed by atoms with Crippen molar-refractivity contribution in [3.8, 4) is 0 Å². The molecule has 0 aliphatic heterocycles. The van der Waals surface area contributed by atoms with Gasteiger partial charge < -0.3 is 0 Å². The van der Waals surface area contributed by atoms with E-state index in [4.69, 9.17) is 0 Å². The lowest BCUT2D eigenvalue weighted by Crippen LogP contribution is -2.41. The molecule has 2 aromatic heterocycles. The largest absolute Gasteiger partial charge is 0.279 e. The predicted molar refractivity (Wildman–Crippen MR) is 89.7 cm³/mol. The van der Waals surface area contributed by atoms with Crippen LogP contribution in [0.1, 0.15) is 53.6 Å². The number of nitrogens with one attached hydrogen (secondary N) is 2. The fourth-order valence-electron chi connectivity index (χ4n) is 2.66. The fraction of sp³-hybridized carbons (Fsp3) is 0.375. The van der Waals surface area contributed by atoms with Gasteiger partial charge in [0.2, 0.25) is 0 Å². The molecule has 22 heavy (non-hydrogen) atoms. The molecule has 0 bridgehead atoms. The van der Waals surface area contributed by atoms with E-state index in [9.17, 15) is 9.59 Å². The Morgan fingerprint density at radius 3 is 2.36 bits per heavy atom. The normalized spacial score (nSPS) is 13.0. The van der Waals surface area contributed by atoms with Crippen LogP contribution in [0.4, 0.5) is 0 Å². The molecule has 0 unspecified atom stereocenters. The first kappa shape index (κ1) is 15.2. The van der Waals surface area contributed by atoms with E-state index in [1.807, 2.05) is 19.1 Å². The summed E-state index contributed by atoms with van der Waals surface area (Å²) in [4.78, 5) is 27.9. The summed E-state index contributed by atoms with van der Waals surface area (Å²) in [5.41, 5.74) is 7.47. The van der Waals surface area contributed by atoms with E-state index in [0.29, 0.717) is 9.75 Å². The molecule has 0 fully saturated rings.